The van der Waals surface area contributed by atoms with E-state index in [4.69, 9.17) is 4.42 Å². The Kier molecular flexibility index (Phi) is 4.80. The zero-order chi connectivity index (χ0) is 11.1. The second-order valence-electron chi connectivity index (χ2n) is 3.13. The molecule has 0 amide bonds. The Balaban J connectivity index is 2.30. The third-order valence-electron chi connectivity index (χ3n) is 1.87. The van der Waals surface area contributed by atoms with Crippen LogP contribution in [0.1, 0.15) is 12.5 Å². The second kappa shape index (κ2) is 5.89. The van der Waals surface area contributed by atoms with Crippen LogP contribution >= 0.6 is 0 Å². The minimum absolute atomic E-state index is 0.0959. The highest BCUT2D eigenvalue weighted by molar-refractivity contribution is 7.89. The van der Waals surface area contributed by atoms with Gasteiger partial charge in [0.25, 0.3) is 0 Å². The Bertz CT molecular complexity index is 359. The highest BCUT2D eigenvalue weighted by Gasteiger charge is 2.09. The number of hydrogen-bond donors (Lipinski definition) is 2. The van der Waals surface area contributed by atoms with Gasteiger partial charge in [0.1, 0.15) is 0 Å². The van der Waals surface area contributed by atoms with Crippen LogP contribution in [0.3, 0.4) is 0 Å². The molecule has 1 rings (SSSR count). The summed E-state index contributed by atoms with van der Waals surface area (Å²) >= 11 is 0. The van der Waals surface area contributed by atoms with Crippen LogP contribution in [0.2, 0.25) is 0 Å². The van der Waals surface area contributed by atoms with Crippen LogP contribution in [0.15, 0.2) is 23.0 Å². The molecular formula is C9H16N2O3S. The number of rotatable bonds is 7. The minimum Gasteiger partial charge on any atom is -0.472 e. The van der Waals surface area contributed by atoms with Gasteiger partial charge < -0.3 is 9.73 Å². The SMILES string of the molecule is CCNCCS(=O)(=O)NCc1ccoc1. The average molecular weight is 232 g/mol. The van der Waals surface area contributed by atoms with Gasteiger partial charge >= 0.3 is 0 Å². The van der Waals surface area contributed by atoms with Crippen molar-refractivity contribution >= 4 is 10.0 Å². The topological polar surface area (TPSA) is 71.3 Å². The van der Waals surface area contributed by atoms with Crippen molar-refractivity contribution in [3.05, 3.63) is 24.2 Å². The third kappa shape index (κ3) is 4.96. The molecule has 0 aliphatic heterocycles. The molecule has 1 heterocycles. The molecule has 0 unspecified atom stereocenters. The molecule has 5 nitrogen and oxygen atoms in total. The van der Waals surface area contributed by atoms with E-state index in [1.165, 1.54) is 12.5 Å². The quantitative estimate of drug-likeness (QED) is 0.664. The van der Waals surface area contributed by atoms with Gasteiger partial charge in [-0.05, 0) is 12.6 Å². The van der Waals surface area contributed by atoms with Gasteiger partial charge in [-0.1, -0.05) is 6.92 Å². The number of nitrogens with one attached hydrogen (secondary N) is 2. The van der Waals surface area contributed by atoms with E-state index in [2.05, 4.69) is 10.0 Å². The van der Waals surface area contributed by atoms with Crippen LogP contribution in [0, 0.1) is 0 Å². The lowest BCUT2D eigenvalue weighted by atomic mass is 10.4. The van der Waals surface area contributed by atoms with E-state index < -0.39 is 10.0 Å². The standard InChI is InChI=1S/C9H16N2O3S/c1-2-10-4-6-15(12,13)11-7-9-3-5-14-8-9/h3,5,8,10-11H,2,4,6-7H2,1H3. The summed E-state index contributed by atoms with van der Waals surface area (Å²) in [4.78, 5) is 0. The van der Waals surface area contributed by atoms with E-state index in [1.54, 1.807) is 6.07 Å². The number of sulfonamides is 1. The first-order valence-electron chi connectivity index (χ1n) is 4.83. The van der Waals surface area contributed by atoms with Crippen molar-refractivity contribution in [2.45, 2.75) is 13.5 Å². The summed E-state index contributed by atoms with van der Waals surface area (Å²) in [6.45, 7) is 3.46. The first-order chi connectivity index (χ1) is 7.14. The van der Waals surface area contributed by atoms with Gasteiger partial charge in [0, 0.05) is 18.7 Å². The summed E-state index contributed by atoms with van der Waals surface area (Å²) < 4.78 is 30.2. The maximum Gasteiger partial charge on any atom is 0.213 e. The summed E-state index contributed by atoms with van der Waals surface area (Å²) in [6.07, 6.45) is 3.04. The Labute approximate surface area is 89.9 Å². The monoisotopic (exact) mass is 232 g/mol. The highest BCUT2D eigenvalue weighted by atomic mass is 32.2. The number of hydrogen-bond acceptors (Lipinski definition) is 4. The molecule has 15 heavy (non-hydrogen) atoms. The van der Waals surface area contributed by atoms with E-state index in [9.17, 15) is 8.42 Å². The molecule has 0 bridgehead atoms. The molecule has 0 spiro atoms. The highest BCUT2D eigenvalue weighted by Crippen LogP contribution is 1.99. The zero-order valence-corrected chi connectivity index (χ0v) is 9.51. The van der Waals surface area contributed by atoms with Crippen molar-refractivity contribution in [2.75, 3.05) is 18.8 Å². The van der Waals surface area contributed by atoms with E-state index >= 15 is 0 Å². The first-order valence-corrected chi connectivity index (χ1v) is 6.48. The Hall–Kier alpha value is -0.850. The maximum atomic E-state index is 11.4. The molecule has 0 aromatic carbocycles. The Morgan fingerprint density at radius 2 is 2.27 bits per heavy atom. The molecule has 6 heteroatoms. The third-order valence-corrected chi connectivity index (χ3v) is 3.20. The summed E-state index contributed by atoms with van der Waals surface area (Å²) in [6, 6.07) is 1.73. The molecule has 0 saturated heterocycles. The average Bonchev–Trinajstić information content (AvgIpc) is 2.68. The fourth-order valence-electron chi connectivity index (χ4n) is 1.04. The van der Waals surface area contributed by atoms with Gasteiger partial charge in [0.05, 0.1) is 18.3 Å². The minimum atomic E-state index is -3.18. The van der Waals surface area contributed by atoms with Crippen LogP contribution < -0.4 is 10.0 Å². The predicted octanol–water partition coefficient (Wildman–Crippen LogP) is 0.309. The fraction of sp³-hybridized carbons (Fsp3) is 0.556. The smallest absolute Gasteiger partial charge is 0.213 e. The van der Waals surface area contributed by atoms with Crippen molar-refractivity contribution < 1.29 is 12.8 Å². The lowest BCUT2D eigenvalue weighted by Gasteiger charge is -2.05. The lowest BCUT2D eigenvalue weighted by molar-refractivity contribution is 0.560. The molecule has 0 aliphatic carbocycles. The summed E-state index contributed by atoms with van der Waals surface area (Å²) in [5.41, 5.74) is 0.821. The van der Waals surface area contributed by atoms with Crippen molar-refractivity contribution in [2.24, 2.45) is 0 Å². The van der Waals surface area contributed by atoms with Gasteiger partial charge in [-0.15, -0.1) is 0 Å². The fourth-order valence-corrected chi connectivity index (χ4v) is 1.99. The van der Waals surface area contributed by atoms with Crippen LogP contribution in [0.4, 0.5) is 0 Å². The van der Waals surface area contributed by atoms with Crippen LogP contribution in [0.5, 0.6) is 0 Å². The molecule has 0 saturated carbocycles. The molecule has 0 radical (unpaired) electrons. The molecular weight excluding hydrogens is 216 g/mol. The summed E-state index contributed by atoms with van der Waals surface area (Å²) in [5, 5.41) is 2.96. The molecule has 0 atom stereocenters. The van der Waals surface area contributed by atoms with Gasteiger partial charge in [-0.25, -0.2) is 13.1 Å². The normalized spacial score (nSPS) is 11.8. The molecule has 86 valence electrons. The zero-order valence-electron chi connectivity index (χ0n) is 8.69. The second-order valence-corrected chi connectivity index (χ2v) is 5.05. The predicted molar refractivity (Wildman–Crippen MR) is 57.9 cm³/mol. The van der Waals surface area contributed by atoms with E-state index in [0.717, 1.165) is 12.1 Å². The number of furan rings is 1. The van der Waals surface area contributed by atoms with E-state index in [0.29, 0.717) is 6.54 Å². The van der Waals surface area contributed by atoms with E-state index in [-0.39, 0.29) is 12.3 Å². The van der Waals surface area contributed by atoms with Gasteiger partial charge in [0.15, 0.2) is 0 Å². The molecule has 0 fully saturated rings. The van der Waals surface area contributed by atoms with Gasteiger partial charge in [0.2, 0.25) is 10.0 Å². The molecule has 2 N–H and O–H groups in total. The Morgan fingerprint density at radius 1 is 1.47 bits per heavy atom. The molecule has 0 aliphatic rings. The van der Waals surface area contributed by atoms with Crippen molar-refractivity contribution in [3.8, 4) is 0 Å². The van der Waals surface area contributed by atoms with Gasteiger partial charge in [-0.2, -0.15) is 0 Å². The van der Waals surface area contributed by atoms with E-state index in [1.807, 2.05) is 6.92 Å². The lowest BCUT2D eigenvalue weighted by Crippen LogP contribution is -2.31. The largest absolute Gasteiger partial charge is 0.472 e. The van der Waals surface area contributed by atoms with Crippen LogP contribution in [0.25, 0.3) is 0 Å². The maximum absolute atomic E-state index is 11.4. The summed E-state index contributed by atoms with van der Waals surface area (Å²) in [5.74, 6) is 0.0959. The van der Waals surface area contributed by atoms with Crippen molar-refractivity contribution in [1.29, 1.82) is 0 Å². The van der Waals surface area contributed by atoms with Crippen molar-refractivity contribution in [3.63, 3.8) is 0 Å². The van der Waals surface area contributed by atoms with Crippen molar-refractivity contribution in [1.82, 2.24) is 10.0 Å². The molecule has 1 aromatic heterocycles. The summed E-state index contributed by atoms with van der Waals surface area (Å²) in [7, 11) is -3.18. The van der Waals surface area contributed by atoms with Crippen LogP contribution in [-0.4, -0.2) is 27.3 Å². The van der Waals surface area contributed by atoms with Crippen LogP contribution in [-0.2, 0) is 16.6 Å². The Morgan fingerprint density at radius 3 is 2.87 bits per heavy atom. The molecule has 1 aromatic rings. The first kappa shape index (κ1) is 12.2. The van der Waals surface area contributed by atoms with Gasteiger partial charge in [-0.3, -0.25) is 0 Å².